The van der Waals surface area contributed by atoms with E-state index in [2.05, 4.69) is 10.2 Å². The van der Waals surface area contributed by atoms with Gasteiger partial charge in [-0.3, -0.25) is 9.69 Å². The summed E-state index contributed by atoms with van der Waals surface area (Å²) in [5, 5.41) is 12.9. The van der Waals surface area contributed by atoms with Gasteiger partial charge in [-0.05, 0) is 32.7 Å². The van der Waals surface area contributed by atoms with Gasteiger partial charge >= 0.3 is 0 Å². The van der Waals surface area contributed by atoms with Crippen molar-refractivity contribution in [2.45, 2.75) is 38.7 Å². The summed E-state index contributed by atoms with van der Waals surface area (Å²) in [4.78, 5) is 14.1. The smallest absolute Gasteiger partial charge is 0.224 e. The molecule has 18 heavy (non-hydrogen) atoms. The van der Waals surface area contributed by atoms with E-state index in [4.69, 9.17) is 5.73 Å². The highest BCUT2D eigenvalue weighted by Crippen LogP contribution is 2.20. The Hall–Kier alpha value is -0.650. The Morgan fingerprint density at radius 1 is 1.61 bits per heavy atom. The molecule has 5 heteroatoms. The Morgan fingerprint density at radius 2 is 2.33 bits per heavy atom. The molecule has 0 aromatic heterocycles. The molecular weight excluding hydrogens is 230 g/mol. The van der Waals surface area contributed by atoms with Crippen molar-refractivity contribution in [2.75, 3.05) is 32.7 Å². The number of hydrogen-bond acceptors (Lipinski definition) is 4. The number of carbonyl (C=O) groups is 1. The molecule has 0 saturated carbocycles. The number of aliphatic hydroxyl groups is 1. The first-order valence-corrected chi connectivity index (χ1v) is 6.91. The zero-order chi connectivity index (χ0) is 13.6. The van der Waals surface area contributed by atoms with Gasteiger partial charge in [-0.1, -0.05) is 6.92 Å². The van der Waals surface area contributed by atoms with Gasteiger partial charge in [-0.25, -0.2) is 0 Å². The maximum Gasteiger partial charge on any atom is 0.224 e. The predicted molar refractivity (Wildman–Crippen MR) is 72.1 cm³/mol. The first-order valence-electron chi connectivity index (χ1n) is 6.91. The van der Waals surface area contributed by atoms with Crippen molar-refractivity contribution in [3.8, 4) is 0 Å². The predicted octanol–water partition coefficient (Wildman–Crippen LogP) is -0.0657. The number of hydrogen-bond donors (Lipinski definition) is 3. The van der Waals surface area contributed by atoms with Crippen LogP contribution in [0.3, 0.4) is 0 Å². The molecular formula is C13H27N3O2. The summed E-state index contributed by atoms with van der Waals surface area (Å²) in [6.45, 7) is 7.21. The van der Waals surface area contributed by atoms with Gasteiger partial charge in [-0.15, -0.1) is 0 Å². The molecule has 106 valence electrons. The summed E-state index contributed by atoms with van der Waals surface area (Å²) in [5.41, 5.74) is 4.72. The van der Waals surface area contributed by atoms with Crippen LogP contribution in [0.2, 0.25) is 0 Å². The van der Waals surface area contributed by atoms with Crippen LogP contribution in [0.25, 0.3) is 0 Å². The fraction of sp³-hybridized carbons (Fsp3) is 0.923. The van der Waals surface area contributed by atoms with Gasteiger partial charge in [0, 0.05) is 26.2 Å². The Morgan fingerprint density at radius 3 is 2.94 bits per heavy atom. The van der Waals surface area contributed by atoms with Crippen LogP contribution in [0.5, 0.6) is 0 Å². The minimum atomic E-state index is -0.657. The minimum Gasteiger partial charge on any atom is -0.389 e. The third-order valence-electron chi connectivity index (χ3n) is 3.65. The number of rotatable bonds is 6. The van der Waals surface area contributed by atoms with E-state index in [-0.39, 0.29) is 11.8 Å². The fourth-order valence-corrected chi connectivity index (χ4v) is 2.35. The number of nitrogens with two attached hydrogens (primary N) is 1. The second-order valence-electron chi connectivity index (χ2n) is 5.50. The van der Waals surface area contributed by atoms with Crippen LogP contribution in [-0.2, 0) is 4.79 Å². The topological polar surface area (TPSA) is 78.6 Å². The monoisotopic (exact) mass is 257 g/mol. The number of carbonyl (C=O) groups excluding carboxylic acids is 1. The van der Waals surface area contributed by atoms with E-state index in [0.717, 1.165) is 32.4 Å². The minimum absolute atomic E-state index is 0.0398. The van der Waals surface area contributed by atoms with Crippen LogP contribution in [0, 0.1) is 5.92 Å². The van der Waals surface area contributed by atoms with Crippen LogP contribution in [0.15, 0.2) is 0 Å². The second kappa shape index (κ2) is 7.07. The van der Waals surface area contributed by atoms with E-state index in [0.29, 0.717) is 19.6 Å². The van der Waals surface area contributed by atoms with Gasteiger partial charge in [0.1, 0.15) is 0 Å². The number of piperidine rings is 1. The molecule has 1 aliphatic heterocycles. The molecule has 0 bridgehead atoms. The lowest BCUT2D eigenvalue weighted by molar-refractivity contribution is -0.127. The van der Waals surface area contributed by atoms with Crippen molar-refractivity contribution in [3.05, 3.63) is 0 Å². The van der Waals surface area contributed by atoms with Crippen molar-refractivity contribution in [1.82, 2.24) is 10.2 Å². The number of nitrogens with one attached hydrogen (secondary N) is 1. The molecule has 5 nitrogen and oxygen atoms in total. The molecule has 4 N–H and O–H groups in total. The quantitative estimate of drug-likeness (QED) is 0.622. The number of amides is 1. The van der Waals surface area contributed by atoms with E-state index >= 15 is 0 Å². The van der Waals surface area contributed by atoms with Crippen molar-refractivity contribution >= 4 is 5.91 Å². The van der Waals surface area contributed by atoms with E-state index in [1.807, 2.05) is 13.8 Å². The van der Waals surface area contributed by atoms with Gasteiger partial charge in [0.05, 0.1) is 11.5 Å². The highest BCUT2D eigenvalue weighted by molar-refractivity contribution is 5.78. The number of nitrogens with zero attached hydrogens (tertiary/aromatic N) is 1. The number of likely N-dealkylation sites (tertiary alicyclic amines) is 1. The van der Waals surface area contributed by atoms with E-state index in [1.165, 1.54) is 0 Å². The highest BCUT2D eigenvalue weighted by Gasteiger charge is 2.29. The summed E-state index contributed by atoms with van der Waals surface area (Å²) in [7, 11) is 0. The standard InChI is InChI=1S/C13H27N3O2/c1-3-13(2,18)10-16-8-4-5-11(9-16)12(17)15-7-6-14/h11,18H,3-10,14H2,1-2H3,(H,15,17). The zero-order valence-electron chi connectivity index (χ0n) is 11.6. The molecule has 1 fully saturated rings. The first-order chi connectivity index (χ1) is 8.48. The molecule has 1 saturated heterocycles. The molecule has 0 aliphatic carbocycles. The van der Waals surface area contributed by atoms with E-state index in [1.54, 1.807) is 0 Å². The van der Waals surface area contributed by atoms with Gasteiger partial charge in [-0.2, -0.15) is 0 Å². The zero-order valence-corrected chi connectivity index (χ0v) is 11.6. The Balaban J connectivity index is 2.43. The highest BCUT2D eigenvalue weighted by atomic mass is 16.3. The Bertz CT molecular complexity index is 269. The molecule has 0 aromatic rings. The van der Waals surface area contributed by atoms with Gasteiger partial charge in [0.25, 0.3) is 0 Å². The molecule has 1 rings (SSSR count). The lowest BCUT2D eigenvalue weighted by Crippen LogP contribution is -2.48. The van der Waals surface area contributed by atoms with Gasteiger partial charge in [0.15, 0.2) is 0 Å². The third kappa shape index (κ3) is 4.92. The van der Waals surface area contributed by atoms with Crippen LogP contribution in [0.4, 0.5) is 0 Å². The molecule has 0 radical (unpaired) electrons. The van der Waals surface area contributed by atoms with Crippen LogP contribution >= 0.6 is 0 Å². The summed E-state index contributed by atoms with van der Waals surface area (Å²) >= 11 is 0. The average Bonchev–Trinajstić information content (AvgIpc) is 2.35. The van der Waals surface area contributed by atoms with Gasteiger partial charge < -0.3 is 16.2 Å². The molecule has 1 aliphatic rings. The summed E-state index contributed by atoms with van der Waals surface area (Å²) in [6.07, 6.45) is 2.68. The second-order valence-corrected chi connectivity index (χ2v) is 5.50. The largest absolute Gasteiger partial charge is 0.389 e. The molecule has 2 unspecified atom stereocenters. The Labute approximate surface area is 110 Å². The summed E-state index contributed by atoms with van der Waals surface area (Å²) in [5.74, 6) is 0.138. The molecule has 0 aromatic carbocycles. The van der Waals surface area contributed by atoms with Crippen molar-refractivity contribution in [2.24, 2.45) is 11.7 Å². The number of β-amino-alcohol motifs (C(OH)–C–C–N with tert-alkyl or cyclic N) is 1. The van der Waals surface area contributed by atoms with Gasteiger partial charge in [0.2, 0.25) is 5.91 Å². The first kappa shape index (κ1) is 15.4. The van der Waals surface area contributed by atoms with Crippen molar-refractivity contribution in [1.29, 1.82) is 0 Å². The SMILES string of the molecule is CCC(C)(O)CN1CCCC(C(=O)NCCN)C1. The van der Waals surface area contributed by atoms with E-state index in [9.17, 15) is 9.90 Å². The Kier molecular flexibility index (Phi) is 6.05. The maximum atomic E-state index is 11.9. The summed E-state index contributed by atoms with van der Waals surface area (Å²) in [6, 6.07) is 0. The average molecular weight is 257 g/mol. The molecule has 1 amide bonds. The molecule has 2 atom stereocenters. The van der Waals surface area contributed by atoms with Crippen LogP contribution in [-0.4, -0.2) is 54.2 Å². The van der Waals surface area contributed by atoms with Crippen LogP contribution < -0.4 is 11.1 Å². The lowest BCUT2D eigenvalue weighted by Gasteiger charge is -2.36. The molecule has 1 heterocycles. The fourth-order valence-electron chi connectivity index (χ4n) is 2.35. The lowest BCUT2D eigenvalue weighted by atomic mass is 9.94. The maximum absolute atomic E-state index is 11.9. The van der Waals surface area contributed by atoms with Crippen molar-refractivity contribution < 1.29 is 9.90 Å². The van der Waals surface area contributed by atoms with E-state index < -0.39 is 5.60 Å². The summed E-state index contributed by atoms with van der Waals surface area (Å²) < 4.78 is 0. The molecule has 0 spiro atoms. The normalized spacial score (nSPS) is 24.6. The van der Waals surface area contributed by atoms with Crippen molar-refractivity contribution in [3.63, 3.8) is 0 Å². The van der Waals surface area contributed by atoms with Crippen LogP contribution in [0.1, 0.15) is 33.1 Å². The third-order valence-corrected chi connectivity index (χ3v) is 3.65.